The summed E-state index contributed by atoms with van der Waals surface area (Å²) in [5.41, 5.74) is 1.43. The molecule has 2 N–H and O–H groups in total. The van der Waals surface area contributed by atoms with Gasteiger partial charge in [-0.25, -0.2) is 9.78 Å². The van der Waals surface area contributed by atoms with Crippen molar-refractivity contribution in [3.05, 3.63) is 48.2 Å². The molecule has 7 heteroatoms. The number of aromatic nitrogens is 3. The maximum Gasteiger partial charge on any atom is 0.335 e. The van der Waals surface area contributed by atoms with E-state index in [1.165, 1.54) is 12.1 Å². The predicted molar refractivity (Wildman–Crippen MR) is 79.5 cm³/mol. The van der Waals surface area contributed by atoms with Gasteiger partial charge in [-0.3, -0.25) is 0 Å². The van der Waals surface area contributed by atoms with E-state index < -0.39 is 5.97 Å². The van der Waals surface area contributed by atoms with Crippen molar-refractivity contribution >= 4 is 11.8 Å². The largest absolute Gasteiger partial charge is 0.478 e. The summed E-state index contributed by atoms with van der Waals surface area (Å²) in [6.45, 7) is 0. The summed E-state index contributed by atoms with van der Waals surface area (Å²) in [4.78, 5) is 19.4. The van der Waals surface area contributed by atoms with Crippen LogP contribution in [0, 0.1) is 0 Å². The number of hydrogen-bond donors (Lipinski definition) is 2. The van der Waals surface area contributed by atoms with E-state index in [2.05, 4.69) is 20.4 Å². The third kappa shape index (κ3) is 2.64. The van der Waals surface area contributed by atoms with Crippen LogP contribution in [0.25, 0.3) is 22.8 Å². The Hall–Kier alpha value is -3.22. The van der Waals surface area contributed by atoms with Crippen LogP contribution in [0.2, 0.25) is 0 Å². The van der Waals surface area contributed by atoms with E-state index in [1.54, 1.807) is 31.4 Å². The van der Waals surface area contributed by atoms with Crippen LogP contribution in [0.5, 0.6) is 0 Å². The predicted octanol–water partition coefficient (Wildman–Crippen LogP) is 2.54. The lowest BCUT2D eigenvalue weighted by atomic mass is 10.1. The third-order valence-corrected chi connectivity index (χ3v) is 3.06. The molecule has 0 spiro atoms. The smallest absolute Gasteiger partial charge is 0.335 e. The monoisotopic (exact) mass is 296 g/mol. The zero-order valence-corrected chi connectivity index (χ0v) is 11.6. The molecular weight excluding hydrogens is 284 g/mol. The van der Waals surface area contributed by atoms with Gasteiger partial charge in [0.1, 0.15) is 5.82 Å². The van der Waals surface area contributed by atoms with Crippen molar-refractivity contribution in [2.45, 2.75) is 0 Å². The van der Waals surface area contributed by atoms with E-state index in [9.17, 15) is 4.79 Å². The molecule has 0 unspecified atom stereocenters. The SMILES string of the molecule is CNc1ccc(-c2noc(-c3cccc(C(=O)O)c3)n2)cn1. The normalized spacial score (nSPS) is 10.4. The summed E-state index contributed by atoms with van der Waals surface area (Å²) in [5, 5.41) is 15.8. The van der Waals surface area contributed by atoms with Gasteiger partial charge in [0, 0.05) is 24.4 Å². The van der Waals surface area contributed by atoms with Crippen molar-refractivity contribution in [3.8, 4) is 22.8 Å². The second-order valence-corrected chi connectivity index (χ2v) is 4.49. The molecule has 0 aliphatic heterocycles. The van der Waals surface area contributed by atoms with Gasteiger partial charge in [-0.15, -0.1) is 0 Å². The highest BCUT2D eigenvalue weighted by atomic mass is 16.5. The minimum atomic E-state index is -1.01. The van der Waals surface area contributed by atoms with Gasteiger partial charge in [0.05, 0.1) is 5.56 Å². The van der Waals surface area contributed by atoms with E-state index in [4.69, 9.17) is 9.63 Å². The van der Waals surface area contributed by atoms with Crippen LogP contribution in [0.4, 0.5) is 5.82 Å². The van der Waals surface area contributed by atoms with E-state index in [1.807, 2.05) is 6.07 Å². The molecule has 110 valence electrons. The van der Waals surface area contributed by atoms with Crippen molar-refractivity contribution < 1.29 is 14.4 Å². The summed E-state index contributed by atoms with van der Waals surface area (Å²) in [6, 6.07) is 9.96. The first-order chi connectivity index (χ1) is 10.7. The second kappa shape index (κ2) is 5.65. The summed E-state index contributed by atoms with van der Waals surface area (Å²) in [6.07, 6.45) is 1.63. The third-order valence-electron chi connectivity index (χ3n) is 3.06. The Balaban J connectivity index is 1.93. The Morgan fingerprint density at radius 2 is 2.09 bits per heavy atom. The summed E-state index contributed by atoms with van der Waals surface area (Å²) < 4.78 is 5.20. The molecule has 0 aliphatic rings. The molecule has 0 saturated carbocycles. The molecule has 0 fully saturated rings. The highest BCUT2D eigenvalue weighted by molar-refractivity contribution is 5.89. The highest BCUT2D eigenvalue weighted by Crippen LogP contribution is 2.23. The standard InChI is InChI=1S/C15H12N4O3/c1-16-12-6-5-11(8-17-12)13-18-14(22-19-13)9-3-2-4-10(7-9)15(20)21/h2-8H,1H3,(H,16,17)(H,20,21). The maximum absolute atomic E-state index is 11.0. The fourth-order valence-corrected chi connectivity index (χ4v) is 1.92. The van der Waals surface area contributed by atoms with Crippen LogP contribution < -0.4 is 5.32 Å². The number of nitrogens with zero attached hydrogens (tertiary/aromatic N) is 3. The first-order valence-electron chi connectivity index (χ1n) is 6.49. The number of hydrogen-bond acceptors (Lipinski definition) is 6. The zero-order valence-electron chi connectivity index (χ0n) is 11.6. The molecule has 0 radical (unpaired) electrons. The van der Waals surface area contributed by atoms with Gasteiger partial charge in [-0.2, -0.15) is 4.98 Å². The average Bonchev–Trinajstić information content (AvgIpc) is 3.05. The van der Waals surface area contributed by atoms with E-state index in [0.29, 0.717) is 17.0 Å². The van der Waals surface area contributed by atoms with Crippen LogP contribution in [-0.2, 0) is 0 Å². The first kappa shape index (κ1) is 13.7. The molecule has 3 aromatic rings. The number of aromatic carboxylic acids is 1. The van der Waals surface area contributed by atoms with Crippen LogP contribution in [0.3, 0.4) is 0 Å². The fraction of sp³-hybridized carbons (Fsp3) is 0.0667. The second-order valence-electron chi connectivity index (χ2n) is 4.49. The fourth-order valence-electron chi connectivity index (χ4n) is 1.92. The van der Waals surface area contributed by atoms with Gasteiger partial charge in [0.25, 0.3) is 5.89 Å². The molecule has 1 aromatic carbocycles. The first-order valence-corrected chi connectivity index (χ1v) is 6.49. The number of carbonyl (C=O) groups is 1. The van der Waals surface area contributed by atoms with Crippen molar-refractivity contribution in [2.75, 3.05) is 12.4 Å². The van der Waals surface area contributed by atoms with Gasteiger partial charge in [0.2, 0.25) is 5.82 Å². The quantitative estimate of drug-likeness (QED) is 0.762. The van der Waals surface area contributed by atoms with Crippen molar-refractivity contribution in [2.24, 2.45) is 0 Å². The van der Waals surface area contributed by atoms with Crippen LogP contribution >= 0.6 is 0 Å². The molecular formula is C15H12N4O3. The Kier molecular flexibility index (Phi) is 3.53. The zero-order chi connectivity index (χ0) is 15.5. The Morgan fingerprint density at radius 3 is 2.77 bits per heavy atom. The Labute approximate surface area is 125 Å². The number of benzene rings is 1. The van der Waals surface area contributed by atoms with Gasteiger partial charge in [0.15, 0.2) is 0 Å². The molecule has 0 atom stereocenters. The Bertz CT molecular complexity index is 812. The minimum absolute atomic E-state index is 0.164. The molecule has 0 amide bonds. The van der Waals surface area contributed by atoms with Gasteiger partial charge in [-0.1, -0.05) is 11.2 Å². The van der Waals surface area contributed by atoms with Crippen LogP contribution in [-0.4, -0.2) is 33.2 Å². The molecule has 0 saturated heterocycles. The topological polar surface area (TPSA) is 101 Å². The summed E-state index contributed by atoms with van der Waals surface area (Å²) >= 11 is 0. The van der Waals surface area contributed by atoms with Crippen molar-refractivity contribution in [1.29, 1.82) is 0 Å². The number of pyridine rings is 1. The molecule has 0 bridgehead atoms. The van der Waals surface area contributed by atoms with Gasteiger partial charge in [-0.05, 0) is 30.3 Å². The lowest BCUT2D eigenvalue weighted by molar-refractivity contribution is 0.0697. The van der Waals surface area contributed by atoms with E-state index in [-0.39, 0.29) is 11.5 Å². The number of nitrogens with one attached hydrogen (secondary N) is 1. The minimum Gasteiger partial charge on any atom is -0.478 e. The molecule has 3 rings (SSSR count). The van der Waals surface area contributed by atoms with E-state index >= 15 is 0 Å². The average molecular weight is 296 g/mol. The highest BCUT2D eigenvalue weighted by Gasteiger charge is 2.12. The number of carboxylic acids is 1. The maximum atomic E-state index is 11.0. The summed E-state index contributed by atoms with van der Waals surface area (Å²) in [5.74, 6) is 0.386. The molecule has 2 heterocycles. The lowest BCUT2D eigenvalue weighted by Crippen LogP contribution is -1.95. The number of rotatable bonds is 4. The molecule has 0 aliphatic carbocycles. The molecule has 2 aromatic heterocycles. The van der Waals surface area contributed by atoms with Gasteiger partial charge < -0.3 is 14.9 Å². The molecule has 22 heavy (non-hydrogen) atoms. The van der Waals surface area contributed by atoms with Gasteiger partial charge >= 0.3 is 5.97 Å². The van der Waals surface area contributed by atoms with Crippen molar-refractivity contribution in [3.63, 3.8) is 0 Å². The molecule has 7 nitrogen and oxygen atoms in total. The van der Waals surface area contributed by atoms with Crippen LogP contribution in [0.1, 0.15) is 10.4 Å². The Morgan fingerprint density at radius 1 is 1.23 bits per heavy atom. The van der Waals surface area contributed by atoms with Crippen LogP contribution in [0.15, 0.2) is 47.1 Å². The number of carboxylic acid groups (broad SMARTS) is 1. The van der Waals surface area contributed by atoms with E-state index in [0.717, 1.165) is 5.82 Å². The summed E-state index contributed by atoms with van der Waals surface area (Å²) in [7, 11) is 1.78. The number of anilines is 1. The lowest BCUT2D eigenvalue weighted by Gasteiger charge is -1.98. The van der Waals surface area contributed by atoms with Crippen molar-refractivity contribution in [1.82, 2.24) is 15.1 Å².